The first-order valence-corrected chi connectivity index (χ1v) is 13.7. The smallest absolute Gasteiger partial charge is 0.412 e. The molecule has 5 heterocycles. The zero-order valence-corrected chi connectivity index (χ0v) is 21.2. The highest BCUT2D eigenvalue weighted by Gasteiger charge is 2.50. The fraction of sp³-hybridized carbons (Fsp3) is 0.636. The number of aromatic nitrogens is 3. The summed E-state index contributed by atoms with van der Waals surface area (Å²) in [6.45, 7) is 0.883. The third kappa shape index (κ3) is 4.28. The fourth-order valence-corrected chi connectivity index (χ4v) is 7.33. The molecule has 1 aliphatic carbocycles. The summed E-state index contributed by atoms with van der Waals surface area (Å²) in [5.74, 6) is 0.926. The largest absolute Gasteiger partial charge is 0.508 e. The number of rotatable bonds is 3. The summed E-state index contributed by atoms with van der Waals surface area (Å²) in [7, 11) is 0. The molecule has 3 aliphatic heterocycles. The number of hydrogen-bond donors (Lipinski definition) is 0. The van der Waals surface area contributed by atoms with Gasteiger partial charge in [-0.05, 0) is 37.9 Å². The minimum atomic E-state index is -5.10. The Bertz CT molecular complexity index is 1250. The van der Waals surface area contributed by atoms with Gasteiger partial charge in [-0.25, -0.2) is 9.19 Å². The molecule has 0 aromatic carbocycles. The number of nitrogens with zero attached hydrogens (tertiary/aromatic N) is 3. The molecule has 4 aliphatic rings. The summed E-state index contributed by atoms with van der Waals surface area (Å²) in [5, 5.41) is 4.20. The van der Waals surface area contributed by atoms with Crippen LogP contribution in [0.3, 0.4) is 0 Å². The minimum Gasteiger partial charge on any atom is -0.412 e. The van der Waals surface area contributed by atoms with Crippen LogP contribution in [0.1, 0.15) is 54.7 Å². The summed E-state index contributed by atoms with van der Waals surface area (Å²) >= 11 is -2.09. The number of hydrogen-bond acceptors (Lipinski definition) is 10. The van der Waals surface area contributed by atoms with E-state index in [1.807, 2.05) is 0 Å². The van der Waals surface area contributed by atoms with Gasteiger partial charge in [0.2, 0.25) is 5.88 Å². The Labute approximate surface area is 216 Å². The maximum atomic E-state index is 13.1. The van der Waals surface area contributed by atoms with E-state index in [1.165, 1.54) is 0 Å². The Morgan fingerprint density at radius 3 is 2.59 bits per heavy atom. The molecule has 0 amide bonds. The van der Waals surface area contributed by atoms with Crippen molar-refractivity contribution in [2.45, 2.75) is 60.8 Å². The van der Waals surface area contributed by atoms with E-state index in [2.05, 4.69) is 10.1 Å². The summed E-state index contributed by atoms with van der Waals surface area (Å²) in [5.41, 5.74) is -4.20. The van der Waals surface area contributed by atoms with Crippen molar-refractivity contribution in [3.8, 4) is 17.4 Å². The van der Waals surface area contributed by atoms with Crippen molar-refractivity contribution < 1.29 is 45.8 Å². The lowest BCUT2D eigenvalue weighted by Gasteiger charge is -2.36. The lowest BCUT2D eigenvalue weighted by atomic mass is 9.80. The maximum absolute atomic E-state index is 13.1. The summed E-state index contributed by atoms with van der Waals surface area (Å²) in [6, 6.07) is 0. The second kappa shape index (κ2) is 9.59. The number of Topliss-reactive ketones (excluding diaryl/α,β-unsaturated/α-hetero) is 1. The Morgan fingerprint density at radius 2 is 1.86 bits per heavy atom. The molecule has 2 fully saturated rings. The van der Waals surface area contributed by atoms with Crippen molar-refractivity contribution in [2.24, 2.45) is 0 Å². The monoisotopic (exact) mass is 563 g/mol. The van der Waals surface area contributed by atoms with Crippen LogP contribution in [0.2, 0.25) is 0 Å². The van der Waals surface area contributed by atoms with Crippen LogP contribution in [0.15, 0.2) is 4.52 Å². The standard InChI is InChI=1S/C22H22F3N3O6S2.H2O/c23-22(24,25)36(30)34-19-13-9-32-11-20(6-7-31-10-20)16(13)26-18(27-19)15-12-3-1-5-21(17(12)33-28-15)14(29)4-2-8-35-21;/h1-11H2;1H2/t20-,21+,36?;/m1./s1. The second-order valence-corrected chi connectivity index (χ2v) is 11.9. The Morgan fingerprint density at radius 1 is 1.05 bits per heavy atom. The van der Waals surface area contributed by atoms with Gasteiger partial charge in [-0.1, -0.05) is 5.16 Å². The zero-order valence-electron chi connectivity index (χ0n) is 19.5. The fourth-order valence-electron chi connectivity index (χ4n) is 5.48. The summed E-state index contributed by atoms with van der Waals surface area (Å²) < 4.78 is 72.2. The molecular weight excluding hydrogens is 539 g/mol. The average molecular weight is 564 g/mol. The first-order valence-electron chi connectivity index (χ1n) is 11.6. The van der Waals surface area contributed by atoms with E-state index in [0.717, 1.165) is 18.6 Å². The van der Waals surface area contributed by atoms with Gasteiger partial charge in [0.05, 0.1) is 36.5 Å². The Balaban J connectivity index is 0.00000280. The normalized spacial score (nSPS) is 28.0. The number of alkyl halides is 3. The van der Waals surface area contributed by atoms with Crippen molar-refractivity contribution in [3.63, 3.8) is 0 Å². The van der Waals surface area contributed by atoms with Gasteiger partial charge in [0.1, 0.15) is 4.75 Å². The van der Waals surface area contributed by atoms with E-state index in [0.29, 0.717) is 49.3 Å². The third-order valence-electron chi connectivity index (χ3n) is 7.21. The molecule has 1 unspecified atom stereocenters. The molecule has 2 aromatic rings. The highest BCUT2D eigenvalue weighted by molar-refractivity contribution is 8.01. The molecular formula is C22H24F3N3O7S2. The van der Waals surface area contributed by atoms with Gasteiger partial charge in [-0.2, -0.15) is 18.2 Å². The van der Waals surface area contributed by atoms with Crippen LogP contribution in [-0.4, -0.2) is 61.7 Å². The van der Waals surface area contributed by atoms with Gasteiger partial charge in [0.25, 0.3) is 0 Å². The van der Waals surface area contributed by atoms with Crippen LogP contribution >= 0.6 is 11.8 Å². The van der Waals surface area contributed by atoms with Crippen LogP contribution in [0.5, 0.6) is 5.88 Å². The molecule has 2 spiro atoms. The number of halogens is 3. The van der Waals surface area contributed by atoms with Gasteiger partial charge >= 0.3 is 16.6 Å². The highest BCUT2D eigenvalue weighted by Crippen LogP contribution is 2.52. The van der Waals surface area contributed by atoms with E-state index < -0.39 is 32.6 Å². The highest BCUT2D eigenvalue weighted by atomic mass is 32.2. The average Bonchev–Trinajstić information content (AvgIpc) is 3.50. The molecule has 3 atom stereocenters. The summed E-state index contributed by atoms with van der Waals surface area (Å²) in [6.07, 6.45) is 3.73. The van der Waals surface area contributed by atoms with E-state index in [9.17, 15) is 22.2 Å². The van der Waals surface area contributed by atoms with Crippen LogP contribution in [0.4, 0.5) is 13.2 Å². The molecule has 2 N–H and O–H groups in total. The molecule has 15 heteroatoms. The molecule has 37 heavy (non-hydrogen) atoms. The first kappa shape index (κ1) is 26.5. The number of fused-ring (bicyclic) bond motifs is 4. The van der Waals surface area contributed by atoms with E-state index in [1.54, 1.807) is 11.8 Å². The summed E-state index contributed by atoms with van der Waals surface area (Å²) in [4.78, 5) is 22.0. The number of ether oxygens (including phenoxy) is 2. The molecule has 0 bridgehead atoms. The molecule has 10 nitrogen and oxygen atoms in total. The Hall–Kier alpha value is -2.07. The van der Waals surface area contributed by atoms with Crippen LogP contribution in [0.25, 0.3) is 11.5 Å². The van der Waals surface area contributed by atoms with Crippen LogP contribution in [-0.2, 0) is 48.5 Å². The van der Waals surface area contributed by atoms with E-state index >= 15 is 0 Å². The number of thioether (sulfide) groups is 1. The number of ketones is 1. The van der Waals surface area contributed by atoms with Crippen molar-refractivity contribution in [1.82, 2.24) is 15.1 Å². The van der Waals surface area contributed by atoms with Crippen molar-refractivity contribution >= 4 is 28.6 Å². The van der Waals surface area contributed by atoms with Gasteiger partial charge in [0.15, 0.2) is 23.1 Å². The maximum Gasteiger partial charge on any atom is 0.508 e. The van der Waals surface area contributed by atoms with E-state index in [4.69, 9.17) is 23.2 Å². The molecule has 0 radical (unpaired) electrons. The predicted molar refractivity (Wildman–Crippen MR) is 124 cm³/mol. The number of carbonyl (C=O) groups is 1. The Kier molecular flexibility index (Phi) is 6.88. The van der Waals surface area contributed by atoms with Gasteiger partial charge < -0.3 is 23.7 Å². The SMILES string of the molecule is O.O=C1CCCS[C@@]12CCCc1c(-c3nc(OS(=O)C(F)(F)F)c4c(n3)[C@@]3(CCOC3)COC4)noc12. The van der Waals surface area contributed by atoms with E-state index in [-0.39, 0.29) is 48.2 Å². The van der Waals surface area contributed by atoms with Gasteiger partial charge in [-0.15, -0.1) is 11.8 Å². The minimum absolute atomic E-state index is 0. The van der Waals surface area contributed by atoms with Crippen molar-refractivity contribution in [1.29, 1.82) is 0 Å². The molecule has 6 rings (SSSR count). The third-order valence-corrected chi connectivity index (χ3v) is 9.50. The van der Waals surface area contributed by atoms with Crippen LogP contribution in [0, 0.1) is 0 Å². The first-order chi connectivity index (χ1) is 17.2. The molecule has 202 valence electrons. The topological polar surface area (TPSA) is 145 Å². The zero-order chi connectivity index (χ0) is 25.1. The molecule has 0 saturated carbocycles. The second-order valence-electron chi connectivity index (χ2n) is 9.41. The molecule has 2 aromatic heterocycles. The lowest BCUT2D eigenvalue weighted by Crippen LogP contribution is -2.39. The lowest BCUT2D eigenvalue weighted by molar-refractivity contribution is -0.122. The quantitative estimate of drug-likeness (QED) is 0.546. The van der Waals surface area contributed by atoms with Crippen molar-refractivity contribution in [3.05, 3.63) is 22.6 Å². The van der Waals surface area contributed by atoms with Gasteiger partial charge in [-0.3, -0.25) is 4.79 Å². The van der Waals surface area contributed by atoms with Crippen molar-refractivity contribution in [2.75, 3.05) is 25.6 Å². The number of carbonyl (C=O) groups excluding carboxylic acids is 1. The van der Waals surface area contributed by atoms with Crippen LogP contribution < -0.4 is 4.18 Å². The van der Waals surface area contributed by atoms with Gasteiger partial charge in [0, 0.05) is 18.6 Å². The predicted octanol–water partition coefficient (Wildman–Crippen LogP) is 2.69. The molecule has 2 saturated heterocycles.